The molecule has 0 spiro atoms. The minimum absolute atomic E-state index is 0.0508. The summed E-state index contributed by atoms with van der Waals surface area (Å²) in [6, 6.07) is 13.5. The number of nitrogens with one attached hydrogen (secondary N) is 2. The Hall–Kier alpha value is -5.32. The third kappa shape index (κ3) is 15.3. The molecule has 10 N–H and O–H groups in total. The monoisotopic (exact) mass is 1070 g/mol. The number of nitrogens with zero attached hydrogens (tertiary/aromatic N) is 7. The highest BCUT2D eigenvalue weighted by Gasteiger charge is 2.23. The standard InChI is InChI=1S/C31H30ClN11O18S6/c32-29-37-30(35-17-1-4-19(5-2-17)64(46,47)11-9-56-62-60-58-44)39-31(38-29)36-18-3-8-27(66(50,51)52)26(13-18)43-42-25-16-24(21(33)15-22(25)34)41-40-23-7-6-20(14-28(23)67(53,54)55)65(48,49)12-10-57-63-61-59-45/h1-8,13-16,44-45H,9-12,33-34H2,(H,50,51,52)(H,53,54,55)(H2,35,36,37,38,39)/b41-40+,43-42+. The lowest BCUT2D eigenvalue weighted by atomic mass is 10.2. The molecule has 0 saturated heterocycles. The van der Waals surface area contributed by atoms with Gasteiger partial charge in [-0.05, 0) is 84.4 Å². The van der Waals surface area contributed by atoms with Crippen LogP contribution < -0.4 is 22.1 Å². The van der Waals surface area contributed by atoms with Crippen molar-refractivity contribution in [1.29, 1.82) is 0 Å². The molecule has 0 aliphatic carbocycles. The van der Waals surface area contributed by atoms with Crippen molar-refractivity contribution < 1.29 is 80.4 Å². The van der Waals surface area contributed by atoms with Crippen molar-refractivity contribution in [2.24, 2.45) is 20.5 Å². The van der Waals surface area contributed by atoms with E-state index in [0.29, 0.717) is 11.8 Å². The molecule has 5 rings (SSSR count). The van der Waals surface area contributed by atoms with Gasteiger partial charge in [-0.2, -0.15) is 31.8 Å². The van der Waals surface area contributed by atoms with Gasteiger partial charge in [-0.15, -0.1) is 29.1 Å². The summed E-state index contributed by atoms with van der Waals surface area (Å²) in [6.45, 7) is -0.791. The van der Waals surface area contributed by atoms with Crippen LogP contribution in [0, 0.1) is 0 Å². The molecule has 0 amide bonds. The molecule has 0 radical (unpaired) electrons. The molecule has 5 aromatic rings. The van der Waals surface area contributed by atoms with Crippen molar-refractivity contribution in [3.8, 4) is 0 Å². The van der Waals surface area contributed by atoms with Crippen molar-refractivity contribution in [2.45, 2.75) is 19.6 Å². The quantitative estimate of drug-likeness (QED) is 0.00663. The number of nitrogen functional groups attached to an aromatic ring is 2. The molecule has 1 aromatic heterocycles. The summed E-state index contributed by atoms with van der Waals surface area (Å²) in [5, 5.41) is 43.7. The second kappa shape index (κ2) is 23.1. The molecule has 29 nitrogen and oxygen atoms in total. The maximum atomic E-state index is 12.8. The van der Waals surface area contributed by atoms with Gasteiger partial charge in [0, 0.05) is 11.4 Å². The summed E-state index contributed by atoms with van der Waals surface area (Å²) in [7, 11) is -18.0. The van der Waals surface area contributed by atoms with Crippen molar-refractivity contribution in [3.63, 3.8) is 0 Å². The second-order valence-electron chi connectivity index (χ2n) is 12.4. The highest BCUT2D eigenvalue weighted by molar-refractivity contribution is 7.92. The van der Waals surface area contributed by atoms with E-state index in [2.05, 4.69) is 64.8 Å². The molecule has 67 heavy (non-hydrogen) atoms. The first-order valence-electron chi connectivity index (χ1n) is 17.4. The molecular weight excluding hydrogens is 1040 g/mol. The van der Waals surface area contributed by atoms with Crippen LogP contribution in [0.2, 0.25) is 5.28 Å². The van der Waals surface area contributed by atoms with Gasteiger partial charge in [-0.25, -0.2) is 27.4 Å². The third-order valence-electron chi connectivity index (χ3n) is 7.93. The van der Waals surface area contributed by atoms with Crippen LogP contribution in [0.5, 0.6) is 0 Å². The zero-order valence-corrected chi connectivity index (χ0v) is 38.5. The summed E-state index contributed by atoms with van der Waals surface area (Å²) >= 11 is 6.48. The van der Waals surface area contributed by atoms with Gasteiger partial charge in [0.1, 0.15) is 32.5 Å². The molecule has 0 aliphatic heterocycles. The number of halogens is 1. The highest BCUT2D eigenvalue weighted by atomic mass is 35.5. The predicted molar refractivity (Wildman–Crippen MR) is 235 cm³/mol. The fraction of sp³-hybridized carbons (Fsp3) is 0.129. The van der Waals surface area contributed by atoms with E-state index < -0.39 is 84.1 Å². The number of rotatable bonds is 24. The summed E-state index contributed by atoms with van der Waals surface area (Å²) in [5.41, 5.74) is 10.9. The van der Waals surface area contributed by atoms with Gasteiger partial charge < -0.3 is 22.1 Å². The molecule has 0 unspecified atom stereocenters. The Morgan fingerprint density at radius 3 is 1.58 bits per heavy atom. The number of benzene rings is 4. The Balaban J connectivity index is 1.36. The lowest BCUT2D eigenvalue weighted by Gasteiger charge is -2.10. The zero-order chi connectivity index (χ0) is 49.0. The SMILES string of the molecule is Nc1cc(N)c(/N=N/c2ccc(S(=O)(=O)CCOSOOO)cc2S(=O)(=O)O)cc1/N=N/c1cc(Nc2nc(Cl)nc(Nc3ccc(S(=O)(=O)CCOSOOO)cc3)n2)ccc1S(=O)(=O)O. The van der Waals surface area contributed by atoms with E-state index in [0.717, 1.165) is 36.4 Å². The minimum atomic E-state index is -5.11. The van der Waals surface area contributed by atoms with Gasteiger partial charge in [0.05, 0.1) is 45.9 Å². The normalized spacial score (nSPS) is 12.6. The van der Waals surface area contributed by atoms with Crippen LogP contribution in [0.1, 0.15) is 0 Å². The highest BCUT2D eigenvalue weighted by Crippen LogP contribution is 2.38. The van der Waals surface area contributed by atoms with Gasteiger partial charge in [0.2, 0.25) is 17.2 Å². The molecule has 0 aliphatic rings. The average molecular weight is 1070 g/mol. The van der Waals surface area contributed by atoms with Crippen molar-refractivity contribution >= 4 is 134 Å². The summed E-state index contributed by atoms with van der Waals surface area (Å²) in [5.74, 6) is -1.43. The first-order valence-corrected chi connectivity index (χ1v) is 25.3. The van der Waals surface area contributed by atoms with Gasteiger partial charge in [-0.1, -0.05) is 10.1 Å². The van der Waals surface area contributed by atoms with Crippen LogP contribution in [0.3, 0.4) is 0 Å². The molecule has 4 aromatic carbocycles. The summed E-state index contributed by atoms with van der Waals surface area (Å²) < 4.78 is 137. The van der Waals surface area contributed by atoms with Gasteiger partial charge in [-0.3, -0.25) is 17.5 Å². The molecule has 36 heteroatoms. The zero-order valence-electron chi connectivity index (χ0n) is 32.9. The number of hydrogen-bond donors (Lipinski definition) is 8. The molecule has 0 saturated carbocycles. The first kappa shape index (κ1) is 52.6. The van der Waals surface area contributed by atoms with Gasteiger partial charge in [0.25, 0.3) is 20.2 Å². The van der Waals surface area contributed by atoms with Crippen LogP contribution in [0.15, 0.2) is 113 Å². The third-order valence-corrected chi connectivity index (χ3v) is 14.0. The molecular formula is C31H30ClN11O18S6. The minimum Gasteiger partial charge on any atom is -0.397 e. The number of sulfone groups is 2. The van der Waals surface area contributed by atoms with Crippen LogP contribution in [-0.4, -0.2) is 93.0 Å². The Bertz CT molecular complexity index is 3100. The van der Waals surface area contributed by atoms with E-state index in [9.17, 15) is 42.8 Å². The van der Waals surface area contributed by atoms with Crippen molar-refractivity contribution in [3.05, 3.63) is 78.1 Å². The van der Waals surface area contributed by atoms with Gasteiger partial charge >= 0.3 is 0 Å². The Kier molecular flexibility index (Phi) is 18.2. The predicted octanol–water partition coefficient (Wildman–Crippen LogP) is 6.05. The molecule has 1 heterocycles. The maximum Gasteiger partial charge on any atom is 0.296 e. The number of hydrogen-bond acceptors (Lipinski definition) is 29. The topological polar surface area (TPSA) is 437 Å². The molecule has 0 fully saturated rings. The largest absolute Gasteiger partial charge is 0.397 e. The number of aromatic nitrogens is 3. The average Bonchev–Trinajstić information content (AvgIpc) is 3.25. The summed E-state index contributed by atoms with van der Waals surface area (Å²) in [6.07, 6.45) is 0. The van der Waals surface area contributed by atoms with E-state index in [-0.39, 0.29) is 81.8 Å². The van der Waals surface area contributed by atoms with Crippen LogP contribution in [0.4, 0.5) is 57.4 Å². The molecule has 360 valence electrons. The Morgan fingerprint density at radius 2 is 1.04 bits per heavy atom. The van der Waals surface area contributed by atoms with E-state index in [1.165, 1.54) is 30.3 Å². The van der Waals surface area contributed by atoms with E-state index in [4.69, 9.17) is 41.9 Å². The molecule has 0 bridgehead atoms. The number of nitrogens with two attached hydrogens (primary N) is 2. The van der Waals surface area contributed by atoms with Crippen molar-refractivity contribution in [2.75, 3.05) is 46.8 Å². The smallest absolute Gasteiger partial charge is 0.296 e. The van der Waals surface area contributed by atoms with Crippen LogP contribution in [-0.2, 0) is 67.0 Å². The first-order chi connectivity index (χ1) is 31.6. The summed E-state index contributed by atoms with van der Waals surface area (Å²) in [4.78, 5) is 9.91. The van der Waals surface area contributed by atoms with Gasteiger partial charge in [0.15, 0.2) is 44.3 Å². The lowest BCUT2D eigenvalue weighted by Crippen LogP contribution is -2.12. The van der Waals surface area contributed by atoms with E-state index in [1.54, 1.807) is 0 Å². The second-order valence-corrected chi connectivity index (χ2v) is 20.7. The number of anilines is 6. The molecule has 0 atom stereocenters. The Labute approximate surface area is 391 Å². The van der Waals surface area contributed by atoms with E-state index in [1.807, 2.05) is 0 Å². The lowest BCUT2D eigenvalue weighted by molar-refractivity contribution is -0.434. The fourth-order valence-electron chi connectivity index (χ4n) is 4.99. The van der Waals surface area contributed by atoms with Crippen LogP contribution in [0.25, 0.3) is 0 Å². The number of azo groups is 2. The Morgan fingerprint density at radius 1 is 0.567 bits per heavy atom. The van der Waals surface area contributed by atoms with E-state index >= 15 is 0 Å². The van der Waals surface area contributed by atoms with Crippen molar-refractivity contribution in [1.82, 2.24) is 15.0 Å². The maximum absolute atomic E-state index is 12.8. The fourth-order valence-corrected chi connectivity index (χ4v) is 9.32. The van der Waals surface area contributed by atoms with Crippen LogP contribution >= 0.6 is 36.2 Å².